The maximum Gasteiger partial charge on any atom is 0.412 e. The van der Waals surface area contributed by atoms with Gasteiger partial charge in [-0.15, -0.1) is 0 Å². The van der Waals surface area contributed by atoms with Crippen LogP contribution in [-0.2, 0) is 9.47 Å². The summed E-state index contributed by atoms with van der Waals surface area (Å²) >= 11 is 5.71. The van der Waals surface area contributed by atoms with Crippen LogP contribution >= 0.6 is 11.6 Å². The van der Waals surface area contributed by atoms with Gasteiger partial charge in [0, 0.05) is 18.2 Å². The number of nitrogens with zero attached hydrogens (tertiary/aromatic N) is 1. The maximum absolute atomic E-state index is 13.4. The standard InChI is InChI=1S/C16H20ClF3N2O3/c1-2-24-10-13-9-22(7-8-25-13)15(23)21-14(16(18,19)20)11-3-5-12(17)6-4-11/h3-6,13-14H,2,7-10H2,1H3,(H,21,23). The summed E-state index contributed by atoms with van der Waals surface area (Å²) in [6.45, 7) is 3.27. The summed E-state index contributed by atoms with van der Waals surface area (Å²) < 4.78 is 50.8. The highest BCUT2D eigenvalue weighted by Crippen LogP contribution is 2.33. The zero-order valence-electron chi connectivity index (χ0n) is 13.7. The van der Waals surface area contributed by atoms with Gasteiger partial charge >= 0.3 is 12.2 Å². The lowest BCUT2D eigenvalue weighted by Crippen LogP contribution is -2.52. The van der Waals surface area contributed by atoms with Crippen molar-refractivity contribution in [3.8, 4) is 0 Å². The van der Waals surface area contributed by atoms with Gasteiger partial charge in [-0.1, -0.05) is 23.7 Å². The molecule has 1 saturated heterocycles. The number of ether oxygens (including phenoxy) is 2. The third-order valence-electron chi connectivity index (χ3n) is 3.73. The van der Waals surface area contributed by atoms with E-state index in [1.165, 1.54) is 29.2 Å². The van der Waals surface area contributed by atoms with E-state index in [1.807, 2.05) is 6.92 Å². The van der Waals surface area contributed by atoms with E-state index < -0.39 is 18.2 Å². The van der Waals surface area contributed by atoms with E-state index in [0.717, 1.165) is 0 Å². The minimum Gasteiger partial charge on any atom is -0.379 e. The molecule has 140 valence electrons. The molecule has 5 nitrogen and oxygen atoms in total. The van der Waals surface area contributed by atoms with Crippen molar-refractivity contribution >= 4 is 17.6 Å². The summed E-state index contributed by atoms with van der Waals surface area (Å²) in [6, 6.07) is 2.31. The number of rotatable bonds is 5. The van der Waals surface area contributed by atoms with Crippen LogP contribution in [0.25, 0.3) is 0 Å². The zero-order chi connectivity index (χ0) is 18.4. The second-order valence-electron chi connectivity index (χ2n) is 5.57. The fourth-order valence-electron chi connectivity index (χ4n) is 2.48. The Morgan fingerprint density at radius 1 is 1.44 bits per heavy atom. The first-order valence-electron chi connectivity index (χ1n) is 7.88. The molecule has 0 spiro atoms. The van der Waals surface area contributed by atoms with Gasteiger partial charge in [0.25, 0.3) is 0 Å². The van der Waals surface area contributed by atoms with Crippen LogP contribution in [0.15, 0.2) is 24.3 Å². The number of carbonyl (C=O) groups excluding carboxylic acids is 1. The number of hydrogen-bond acceptors (Lipinski definition) is 3. The second-order valence-corrected chi connectivity index (χ2v) is 6.01. The topological polar surface area (TPSA) is 50.8 Å². The lowest BCUT2D eigenvalue weighted by atomic mass is 10.1. The highest BCUT2D eigenvalue weighted by atomic mass is 35.5. The number of halogens is 4. The smallest absolute Gasteiger partial charge is 0.379 e. The number of amides is 2. The third-order valence-corrected chi connectivity index (χ3v) is 3.98. The predicted octanol–water partition coefficient (Wildman–Crippen LogP) is 3.39. The fourth-order valence-corrected chi connectivity index (χ4v) is 2.60. The maximum atomic E-state index is 13.4. The van der Waals surface area contributed by atoms with E-state index >= 15 is 0 Å². The van der Waals surface area contributed by atoms with Crippen molar-refractivity contribution in [2.24, 2.45) is 0 Å². The molecule has 1 aromatic carbocycles. The average Bonchev–Trinajstić information content (AvgIpc) is 2.58. The van der Waals surface area contributed by atoms with E-state index in [9.17, 15) is 18.0 Å². The molecule has 2 rings (SSSR count). The Hall–Kier alpha value is -1.51. The van der Waals surface area contributed by atoms with Gasteiger partial charge in [0.05, 0.1) is 25.9 Å². The molecule has 0 bridgehead atoms. The monoisotopic (exact) mass is 380 g/mol. The summed E-state index contributed by atoms with van der Waals surface area (Å²) in [5, 5.41) is 2.38. The summed E-state index contributed by atoms with van der Waals surface area (Å²) in [4.78, 5) is 13.6. The Labute approximate surface area is 149 Å². The van der Waals surface area contributed by atoms with Crippen molar-refractivity contribution in [3.63, 3.8) is 0 Å². The van der Waals surface area contributed by atoms with E-state index in [4.69, 9.17) is 21.1 Å². The molecule has 25 heavy (non-hydrogen) atoms. The summed E-state index contributed by atoms with van der Waals surface area (Å²) in [6.07, 6.45) is -4.97. The van der Waals surface area contributed by atoms with Gasteiger partial charge in [-0.2, -0.15) is 13.2 Å². The average molecular weight is 381 g/mol. The van der Waals surface area contributed by atoms with Crippen LogP contribution in [0.3, 0.4) is 0 Å². The number of carbonyl (C=O) groups is 1. The van der Waals surface area contributed by atoms with Crippen molar-refractivity contribution < 1.29 is 27.4 Å². The highest BCUT2D eigenvalue weighted by Gasteiger charge is 2.42. The first-order chi connectivity index (χ1) is 11.8. The SMILES string of the molecule is CCOCC1CN(C(=O)NC(c2ccc(Cl)cc2)C(F)(F)F)CCO1. The molecule has 2 amide bonds. The molecule has 1 N–H and O–H groups in total. The Balaban J connectivity index is 2.05. The van der Waals surface area contributed by atoms with Gasteiger partial charge in [0.15, 0.2) is 6.04 Å². The third kappa shape index (κ3) is 5.76. The number of morpholine rings is 1. The molecule has 9 heteroatoms. The van der Waals surface area contributed by atoms with Crippen molar-refractivity contribution in [2.45, 2.75) is 25.2 Å². The zero-order valence-corrected chi connectivity index (χ0v) is 14.4. The van der Waals surface area contributed by atoms with Gasteiger partial charge in [-0.3, -0.25) is 0 Å². The molecule has 1 fully saturated rings. The number of alkyl halides is 3. The van der Waals surface area contributed by atoms with Gasteiger partial charge < -0.3 is 19.7 Å². The van der Waals surface area contributed by atoms with Crippen molar-refractivity contribution in [1.29, 1.82) is 0 Å². The summed E-state index contributed by atoms with van der Waals surface area (Å²) in [5.74, 6) is 0. The van der Waals surface area contributed by atoms with Crippen LogP contribution in [0.1, 0.15) is 18.5 Å². The van der Waals surface area contributed by atoms with Crippen LogP contribution < -0.4 is 5.32 Å². The molecule has 1 heterocycles. The van der Waals surface area contributed by atoms with Crippen molar-refractivity contribution in [2.75, 3.05) is 32.9 Å². The summed E-state index contributed by atoms with van der Waals surface area (Å²) in [7, 11) is 0. The number of benzene rings is 1. The van der Waals surface area contributed by atoms with Crippen LogP contribution in [0.4, 0.5) is 18.0 Å². The van der Waals surface area contributed by atoms with Crippen molar-refractivity contribution in [3.05, 3.63) is 34.9 Å². The largest absolute Gasteiger partial charge is 0.412 e. The molecule has 2 atom stereocenters. The van der Waals surface area contributed by atoms with Crippen LogP contribution in [0.2, 0.25) is 5.02 Å². The second kappa shape index (κ2) is 8.73. The Morgan fingerprint density at radius 2 is 2.12 bits per heavy atom. The van der Waals surface area contributed by atoms with Gasteiger partial charge in [0.2, 0.25) is 0 Å². The Bertz CT molecular complexity index is 569. The highest BCUT2D eigenvalue weighted by molar-refractivity contribution is 6.30. The Morgan fingerprint density at radius 3 is 2.72 bits per heavy atom. The molecule has 2 unspecified atom stereocenters. The Kier molecular flexibility index (Phi) is 6.92. The molecule has 0 saturated carbocycles. The molecular weight excluding hydrogens is 361 g/mol. The molecule has 1 aromatic rings. The van der Waals surface area contributed by atoms with Crippen molar-refractivity contribution in [1.82, 2.24) is 10.2 Å². The quantitative estimate of drug-likeness (QED) is 0.852. The van der Waals surface area contributed by atoms with Gasteiger partial charge in [-0.25, -0.2) is 4.79 Å². The van der Waals surface area contributed by atoms with E-state index in [0.29, 0.717) is 18.2 Å². The minimum atomic E-state index is -4.62. The number of urea groups is 1. The number of nitrogens with one attached hydrogen (secondary N) is 1. The van der Waals surface area contributed by atoms with Gasteiger partial charge in [0.1, 0.15) is 0 Å². The lowest BCUT2D eigenvalue weighted by Gasteiger charge is -2.34. The van der Waals surface area contributed by atoms with E-state index in [1.54, 1.807) is 0 Å². The van der Waals surface area contributed by atoms with E-state index in [2.05, 4.69) is 5.32 Å². The first-order valence-corrected chi connectivity index (χ1v) is 8.26. The minimum absolute atomic E-state index is 0.0793. The molecule has 0 aliphatic carbocycles. The van der Waals surface area contributed by atoms with Crippen LogP contribution in [0.5, 0.6) is 0 Å². The normalized spacial score (nSPS) is 19.6. The van der Waals surface area contributed by atoms with E-state index in [-0.39, 0.29) is 31.4 Å². The van der Waals surface area contributed by atoms with Crippen LogP contribution in [0, 0.1) is 0 Å². The molecule has 0 radical (unpaired) electrons. The molecule has 0 aromatic heterocycles. The predicted molar refractivity (Wildman–Crippen MR) is 86.6 cm³/mol. The molecule has 1 aliphatic rings. The molecule has 1 aliphatic heterocycles. The van der Waals surface area contributed by atoms with Crippen LogP contribution in [-0.4, -0.2) is 56.1 Å². The summed E-state index contributed by atoms with van der Waals surface area (Å²) in [5.41, 5.74) is -0.0793. The van der Waals surface area contributed by atoms with Gasteiger partial charge in [-0.05, 0) is 24.6 Å². The molecular formula is C16H20ClF3N2O3. The number of hydrogen-bond donors (Lipinski definition) is 1. The fraction of sp³-hybridized carbons (Fsp3) is 0.562. The first kappa shape index (κ1) is 19.8. The lowest BCUT2D eigenvalue weighted by molar-refractivity contribution is -0.155.